The quantitative estimate of drug-likeness (QED) is 0.206. The SMILES string of the molecule is CC[C@H](C)CN[C@H]1O[C@H]2CC3[C@@H]4CCC5CC(NC[C@@H](N)Cc6ccc([N+](=O)[O-])cc6)CC[C@]5(C)C4CC[C@]3(C)C2C1C. The van der Waals surface area contributed by atoms with Crippen LogP contribution in [0.4, 0.5) is 5.69 Å². The molecule has 43 heavy (non-hydrogen) atoms. The van der Waals surface area contributed by atoms with E-state index in [0.717, 1.165) is 48.7 Å². The van der Waals surface area contributed by atoms with Crippen molar-refractivity contribution in [2.45, 2.75) is 123 Å². The monoisotopic (exact) mass is 594 g/mol. The molecular formula is C36H58N4O3. The van der Waals surface area contributed by atoms with Gasteiger partial charge in [0.05, 0.1) is 11.0 Å². The van der Waals surface area contributed by atoms with Crippen LogP contribution in [0.3, 0.4) is 0 Å². The second-order valence-electron chi connectivity index (χ2n) is 16.1. The van der Waals surface area contributed by atoms with Crippen molar-refractivity contribution < 1.29 is 9.66 Å². The molecule has 1 aliphatic heterocycles. The molecule has 1 saturated heterocycles. The van der Waals surface area contributed by atoms with E-state index in [2.05, 4.69) is 45.3 Å². The van der Waals surface area contributed by atoms with E-state index in [0.29, 0.717) is 40.7 Å². The zero-order valence-electron chi connectivity index (χ0n) is 27.4. The average Bonchev–Trinajstić information content (AvgIpc) is 3.47. The fourth-order valence-corrected chi connectivity index (χ4v) is 11.2. The Morgan fingerprint density at radius 3 is 2.49 bits per heavy atom. The molecule has 0 spiro atoms. The summed E-state index contributed by atoms with van der Waals surface area (Å²) in [4.78, 5) is 10.6. The minimum Gasteiger partial charge on any atom is -0.360 e. The summed E-state index contributed by atoms with van der Waals surface area (Å²) in [7, 11) is 0. The Kier molecular flexibility index (Phi) is 9.02. The van der Waals surface area contributed by atoms with Gasteiger partial charge in [-0.3, -0.25) is 15.4 Å². The molecule has 7 nitrogen and oxygen atoms in total. The lowest BCUT2D eigenvalue weighted by Gasteiger charge is -2.61. The summed E-state index contributed by atoms with van der Waals surface area (Å²) in [5, 5.41) is 18.6. The first kappa shape index (κ1) is 31.4. The molecule has 5 fully saturated rings. The zero-order valence-corrected chi connectivity index (χ0v) is 27.4. The normalized spacial score (nSPS) is 43.3. The molecule has 0 bridgehead atoms. The van der Waals surface area contributed by atoms with E-state index in [-0.39, 0.29) is 22.9 Å². The Labute approximate surface area is 260 Å². The number of ether oxygens (including phenoxy) is 1. The lowest BCUT2D eigenvalue weighted by atomic mass is 9.44. The van der Waals surface area contributed by atoms with Gasteiger partial charge in [0.2, 0.25) is 0 Å². The molecule has 1 aromatic rings. The molecule has 4 N–H and O–H groups in total. The van der Waals surface area contributed by atoms with Crippen molar-refractivity contribution in [1.29, 1.82) is 0 Å². The van der Waals surface area contributed by atoms with E-state index in [9.17, 15) is 10.1 Å². The van der Waals surface area contributed by atoms with Crippen molar-refractivity contribution in [2.24, 2.45) is 58.0 Å². The highest BCUT2D eigenvalue weighted by atomic mass is 16.6. The minimum atomic E-state index is -0.349. The molecule has 240 valence electrons. The first-order chi connectivity index (χ1) is 20.5. The Hall–Kier alpha value is -1.54. The smallest absolute Gasteiger partial charge is 0.269 e. The number of nitrogens with zero attached hydrogens (tertiary/aromatic N) is 1. The number of rotatable bonds is 10. The van der Waals surface area contributed by atoms with E-state index >= 15 is 0 Å². The van der Waals surface area contributed by atoms with Gasteiger partial charge in [0.15, 0.2) is 0 Å². The summed E-state index contributed by atoms with van der Waals surface area (Å²) >= 11 is 0. The van der Waals surface area contributed by atoms with Crippen molar-refractivity contribution in [2.75, 3.05) is 13.1 Å². The predicted molar refractivity (Wildman–Crippen MR) is 172 cm³/mol. The summed E-state index contributed by atoms with van der Waals surface area (Å²) < 4.78 is 6.82. The van der Waals surface area contributed by atoms with E-state index < -0.39 is 0 Å². The number of hydrogen-bond donors (Lipinski definition) is 3. The van der Waals surface area contributed by atoms with Crippen LogP contribution in [-0.2, 0) is 11.2 Å². The summed E-state index contributed by atoms with van der Waals surface area (Å²) in [5.41, 5.74) is 8.60. The van der Waals surface area contributed by atoms with Crippen LogP contribution >= 0.6 is 0 Å². The fourth-order valence-electron chi connectivity index (χ4n) is 11.2. The Morgan fingerprint density at radius 2 is 1.77 bits per heavy atom. The summed E-state index contributed by atoms with van der Waals surface area (Å²) in [6.45, 7) is 14.3. The van der Waals surface area contributed by atoms with Gasteiger partial charge in [-0.25, -0.2) is 0 Å². The standard InChI is InChI=1S/C36H58N4O3/c1-6-22(2)20-39-34-23(3)33-32(43-34)19-31-29-12-9-25-18-27(13-15-35(25,4)30(29)14-16-36(31,33)5)38-21-26(37)17-24-7-10-28(11-8-24)40(41)42/h7-8,10-11,22-23,25-27,29-34,38-39H,6,9,12-21,37H2,1-5H3/t22-,23?,25?,26-,27?,29+,30?,31?,32-,33?,34-,35-,36-/m0/s1. The van der Waals surface area contributed by atoms with Gasteiger partial charge < -0.3 is 15.8 Å². The highest BCUT2D eigenvalue weighted by molar-refractivity contribution is 5.33. The van der Waals surface area contributed by atoms with Gasteiger partial charge in [-0.15, -0.1) is 0 Å². The van der Waals surface area contributed by atoms with Crippen LogP contribution < -0.4 is 16.4 Å². The number of nitrogens with one attached hydrogen (secondary N) is 2. The zero-order chi connectivity index (χ0) is 30.5. The minimum absolute atomic E-state index is 0.0118. The molecule has 0 aromatic heterocycles. The van der Waals surface area contributed by atoms with E-state index in [1.807, 2.05) is 12.1 Å². The molecule has 0 radical (unpaired) electrons. The number of hydrogen-bond acceptors (Lipinski definition) is 6. The van der Waals surface area contributed by atoms with Gasteiger partial charge in [0.1, 0.15) is 6.23 Å². The largest absolute Gasteiger partial charge is 0.360 e. The van der Waals surface area contributed by atoms with Crippen molar-refractivity contribution >= 4 is 5.69 Å². The Bertz CT molecular complexity index is 1130. The molecular weight excluding hydrogens is 536 g/mol. The number of non-ortho nitro benzene ring substituents is 1. The van der Waals surface area contributed by atoms with Crippen molar-refractivity contribution in [3.63, 3.8) is 0 Å². The van der Waals surface area contributed by atoms with Crippen LogP contribution in [0.5, 0.6) is 0 Å². The van der Waals surface area contributed by atoms with Crippen LogP contribution in [0, 0.1) is 62.4 Å². The highest BCUT2D eigenvalue weighted by Gasteiger charge is 2.65. The van der Waals surface area contributed by atoms with Crippen LogP contribution in [0.15, 0.2) is 24.3 Å². The fraction of sp³-hybridized carbons (Fsp3) is 0.833. The van der Waals surface area contributed by atoms with Gasteiger partial charge in [0.25, 0.3) is 5.69 Å². The van der Waals surface area contributed by atoms with E-state index in [4.69, 9.17) is 10.5 Å². The number of nitro benzene ring substituents is 1. The lowest BCUT2D eigenvalue weighted by molar-refractivity contribution is -0.384. The Balaban J connectivity index is 1.03. The van der Waals surface area contributed by atoms with Crippen LogP contribution in [-0.4, -0.2) is 42.4 Å². The summed E-state index contributed by atoms with van der Waals surface area (Å²) in [6.07, 6.45) is 13.3. The molecule has 6 unspecified atom stereocenters. The van der Waals surface area contributed by atoms with E-state index in [1.54, 1.807) is 12.1 Å². The number of nitrogens with two attached hydrogens (primary N) is 1. The van der Waals surface area contributed by atoms with Crippen molar-refractivity contribution in [3.8, 4) is 0 Å². The third-order valence-corrected chi connectivity index (χ3v) is 13.8. The second-order valence-corrected chi connectivity index (χ2v) is 16.1. The molecule has 4 aliphatic carbocycles. The number of nitro groups is 1. The molecule has 1 heterocycles. The maximum atomic E-state index is 10.9. The summed E-state index contributed by atoms with van der Waals surface area (Å²) in [6, 6.07) is 7.40. The van der Waals surface area contributed by atoms with Gasteiger partial charge >= 0.3 is 0 Å². The molecule has 0 amide bonds. The molecule has 1 aromatic carbocycles. The molecule has 4 saturated carbocycles. The average molecular weight is 595 g/mol. The predicted octanol–water partition coefficient (Wildman–Crippen LogP) is 6.69. The summed E-state index contributed by atoms with van der Waals surface area (Å²) in [5.74, 6) is 5.37. The van der Waals surface area contributed by atoms with E-state index in [1.165, 1.54) is 57.8 Å². The first-order valence-corrected chi connectivity index (χ1v) is 17.6. The molecule has 7 heteroatoms. The van der Waals surface area contributed by atoms with Gasteiger partial charge in [-0.1, -0.05) is 53.2 Å². The maximum Gasteiger partial charge on any atom is 0.269 e. The van der Waals surface area contributed by atoms with Gasteiger partial charge in [-0.05, 0) is 110 Å². The number of benzene rings is 1. The first-order valence-electron chi connectivity index (χ1n) is 17.6. The number of fused-ring (bicyclic) bond motifs is 7. The topological polar surface area (TPSA) is 102 Å². The maximum absolute atomic E-state index is 10.9. The highest BCUT2D eigenvalue weighted by Crippen LogP contribution is 2.69. The second kappa shape index (κ2) is 12.3. The third kappa shape index (κ3) is 5.81. The lowest BCUT2D eigenvalue weighted by Crippen LogP contribution is -2.56. The molecule has 6 rings (SSSR count). The third-order valence-electron chi connectivity index (χ3n) is 13.8. The Morgan fingerprint density at radius 1 is 1.02 bits per heavy atom. The van der Waals surface area contributed by atoms with Crippen LogP contribution in [0.25, 0.3) is 0 Å². The molecule has 5 aliphatic rings. The van der Waals surface area contributed by atoms with Crippen molar-refractivity contribution in [3.05, 3.63) is 39.9 Å². The van der Waals surface area contributed by atoms with Crippen LogP contribution in [0.1, 0.15) is 98.0 Å². The van der Waals surface area contributed by atoms with Crippen LogP contribution in [0.2, 0.25) is 0 Å². The van der Waals surface area contributed by atoms with Crippen molar-refractivity contribution in [1.82, 2.24) is 10.6 Å². The van der Waals surface area contributed by atoms with Gasteiger partial charge in [-0.2, -0.15) is 0 Å². The molecule has 13 atom stereocenters. The van der Waals surface area contributed by atoms with Gasteiger partial charge in [0, 0.05) is 43.2 Å².